The molecule has 0 spiro atoms. The third kappa shape index (κ3) is 33.9. The van der Waals surface area contributed by atoms with Gasteiger partial charge in [0.25, 0.3) is 0 Å². The zero-order chi connectivity index (χ0) is 88.1. The summed E-state index contributed by atoms with van der Waals surface area (Å²) in [6.45, 7) is 7.92. The number of aromatic carboxylic acids is 3. The van der Waals surface area contributed by atoms with Gasteiger partial charge in [0.1, 0.15) is 106 Å². The van der Waals surface area contributed by atoms with Gasteiger partial charge in [-0.3, -0.25) is 0 Å². The van der Waals surface area contributed by atoms with Crippen LogP contribution in [0, 0.1) is 0 Å². The average Bonchev–Trinajstić information content (AvgIpc) is 0.804. The molecule has 16 nitrogen and oxygen atoms in total. The number of aryl methyl sites for hydroxylation is 3. The molecule has 11 rings (SSSR count). The molecule has 0 amide bonds. The Bertz CT molecular complexity index is 4870. The molecule has 17 heteroatoms. The van der Waals surface area contributed by atoms with E-state index in [1.54, 1.807) is 72.8 Å². The zero-order valence-corrected chi connectivity index (χ0v) is 74.7. The first-order chi connectivity index (χ1) is 61.6. The summed E-state index contributed by atoms with van der Waals surface area (Å²) >= 11 is 4.56. The Hall–Kier alpha value is -11.8. The number of carboxylic acid groups (broad SMARTS) is 3. The lowest BCUT2D eigenvalue weighted by atomic mass is 10.0. The minimum absolute atomic E-state index is 0.0339. The molecular formula is C109H126O16S. The van der Waals surface area contributed by atoms with Crippen molar-refractivity contribution in [1.29, 1.82) is 0 Å². The van der Waals surface area contributed by atoms with Crippen LogP contribution in [0.3, 0.4) is 0 Å². The maximum Gasteiger partial charge on any atom is 0.335 e. The molecule has 0 aliphatic carbocycles. The highest BCUT2D eigenvalue weighted by Gasteiger charge is 2.21. The van der Waals surface area contributed by atoms with Crippen molar-refractivity contribution in [2.45, 2.75) is 265 Å². The third-order valence-electron chi connectivity index (χ3n) is 22.4. The van der Waals surface area contributed by atoms with Crippen LogP contribution in [0.5, 0.6) is 57.5 Å². The van der Waals surface area contributed by atoms with E-state index in [1.165, 1.54) is 152 Å². The van der Waals surface area contributed by atoms with Crippen molar-refractivity contribution in [3.8, 4) is 57.5 Å². The fourth-order valence-corrected chi connectivity index (χ4v) is 15.1. The lowest BCUT2D eigenvalue weighted by Crippen LogP contribution is -2.07. The average molecular weight is 1720 g/mol. The Labute approximate surface area is 751 Å². The summed E-state index contributed by atoms with van der Waals surface area (Å²) < 4.78 is 67.6. The molecule has 126 heavy (non-hydrogen) atoms. The Balaban J connectivity index is 0.925. The van der Waals surface area contributed by atoms with Crippen LogP contribution in [0.25, 0.3) is 0 Å². The molecule has 0 aliphatic rings. The minimum atomic E-state index is -1.02. The quantitative estimate of drug-likeness (QED) is 0.0207. The summed E-state index contributed by atoms with van der Waals surface area (Å²) in [6.07, 6.45) is 33.4. The smallest absolute Gasteiger partial charge is 0.335 e. The Kier molecular flexibility index (Phi) is 39.8. The van der Waals surface area contributed by atoms with E-state index >= 15 is 0 Å². The molecule has 0 saturated carbocycles. The normalized spacial score (nSPS) is 11.1. The highest BCUT2D eigenvalue weighted by atomic mass is 32.1. The fraction of sp³-hybridized carbons (Fsp3) is 0.367. The van der Waals surface area contributed by atoms with Crippen LogP contribution in [0.4, 0.5) is 0 Å². The number of rotatable bonds is 60. The molecule has 0 aliphatic heterocycles. The summed E-state index contributed by atoms with van der Waals surface area (Å²) in [5, 5.41) is 29.2. The van der Waals surface area contributed by atoms with Crippen molar-refractivity contribution in [2.75, 3.05) is 0 Å². The topological polar surface area (TPSA) is 204 Å². The predicted octanol–water partition coefficient (Wildman–Crippen LogP) is 27.9. The van der Waals surface area contributed by atoms with Gasteiger partial charge in [-0.05, 0) is 220 Å². The second-order valence-corrected chi connectivity index (χ2v) is 33.4. The molecule has 0 aromatic heterocycles. The van der Waals surface area contributed by atoms with Crippen LogP contribution in [0.15, 0.2) is 241 Å². The number of hydrogen-bond donors (Lipinski definition) is 4. The molecule has 0 saturated heterocycles. The first-order valence-electron chi connectivity index (χ1n) is 45.5. The summed E-state index contributed by atoms with van der Waals surface area (Å²) in [4.78, 5) is 36.4. The van der Waals surface area contributed by atoms with Crippen LogP contribution < -0.4 is 47.4 Å². The maximum atomic E-state index is 11.9. The van der Waals surface area contributed by atoms with Crippen molar-refractivity contribution in [1.82, 2.24) is 0 Å². The van der Waals surface area contributed by atoms with E-state index in [1.807, 2.05) is 91.0 Å². The first kappa shape index (κ1) is 94.8. The monoisotopic (exact) mass is 1720 g/mol. The molecule has 0 atom stereocenters. The van der Waals surface area contributed by atoms with E-state index in [0.717, 1.165) is 76.8 Å². The van der Waals surface area contributed by atoms with Gasteiger partial charge in [-0.25, -0.2) is 14.4 Å². The second-order valence-electron chi connectivity index (χ2n) is 32.9. The summed E-state index contributed by atoms with van der Waals surface area (Å²) in [5.41, 5.74) is 12.4. The van der Waals surface area contributed by atoms with Gasteiger partial charge in [0, 0.05) is 23.1 Å². The number of ether oxygens (including phenoxy) is 10. The largest absolute Gasteiger partial charge is 0.489 e. The Morgan fingerprint density at radius 3 is 0.683 bits per heavy atom. The molecular weight excluding hydrogens is 1600 g/mol. The third-order valence-corrected chi connectivity index (χ3v) is 22.7. The highest BCUT2D eigenvalue weighted by molar-refractivity contribution is 7.80. The fourth-order valence-electron chi connectivity index (χ4n) is 14.9. The van der Waals surface area contributed by atoms with Gasteiger partial charge in [-0.1, -0.05) is 265 Å². The molecule has 11 aromatic carbocycles. The number of carbonyl (C=O) groups is 3. The van der Waals surface area contributed by atoms with E-state index in [4.69, 9.17) is 47.4 Å². The van der Waals surface area contributed by atoms with Gasteiger partial charge < -0.3 is 62.7 Å². The molecule has 11 aromatic rings. The van der Waals surface area contributed by atoms with E-state index in [2.05, 4.69) is 106 Å². The number of thiol groups is 1. The Morgan fingerprint density at radius 1 is 0.214 bits per heavy atom. The van der Waals surface area contributed by atoms with Gasteiger partial charge in [-0.15, -0.1) is 12.6 Å². The van der Waals surface area contributed by atoms with Crippen molar-refractivity contribution in [3.63, 3.8) is 0 Å². The zero-order valence-electron chi connectivity index (χ0n) is 73.8. The minimum Gasteiger partial charge on any atom is -0.489 e. The highest BCUT2D eigenvalue weighted by Crippen LogP contribution is 2.43. The standard InChI is InChI=1S/C109H126O16S/c1-4-7-10-13-16-19-22-25-28-80-31-37-83(38-32-80)70-117-97-59-89(61-99(67-97)120-73-86-43-49-93(50-44-86)107(110)111)77-123-104-65-92(76-116-96-55-57-103(126)58-56-96)66-105(124-78-90-60-98(68-100(62-90)121-74-87-45-51-94(52-46-87)108(112)113)118-71-84-39-33-81(34-40-84)29-26-23-20-17-14-11-8-5-2)106(104)125-79-91-63-101(69-102(64-91)122-75-88-47-53-95(54-48-88)109(114)115)119-72-85-41-35-82(36-42-85)30-27-24-21-18-15-12-9-6-3/h31-69,126H,4-30,70-79H2,1-3H3,(H,110,111)(H,112,113)(H,114,115). The van der Waals surface area contributed by atoms with Crippen LogP contribution in [-0.2, 0) is 85.3 Å². The van der Waals surface area contributed by atoms with Crippen LogP contribution in [-0.4, -0.2) is 33.2 Å². The van der Waals surface area contributed by atoms with E-state index in [-0.39, 0.29) is 88.5 Å². The molecule has 0 radical (unpaired) electrons. The van der Waals surface area contributed by atoms with Crippen LogP contribution in [0.2, 0.25) is 0 Å². The lowest BCUT2D eigenvalue weighted by Gasteiger charge is -2.20. The van der Waals surface area contributed by atoms with E-state index in [9.17, 15) is 29.7 Å². The Morgan fingerprint density at radius 2 is 0.421 bits per heavy atom. The van der Waals surface area contributed by atoms with Gasteiger partial charge in [-0.2, -0.15) is 0 Å². The summed E-state index contributed by atoms with van der Waals surface area (Å²) in [6, 6.07) is 73.8. The SMILES string of the molecule is CCCCCCCCCCc1ccc(COc2cc(COc3cc(COc4ccc(S)cc4)cc(OCc4cc(OCc5ccc(CCCCCCCCCC)cc5)cc(OCc5ccc(C(=O)O)cc5)c4)c3OCc3cc(OCc4ccc(CCCCCCCCCC)cc4)cc(OCc4ccc(C(=O)O)cc4)c3)cc(OCc3ccc(C(=O)O)cc3)c2)cc1. The number of benzene rings is 11. The first-order valence-corrected chi connectivity index (χ1v) is 45.9. The van der Waals surface area contributed by atoms with Crippen molar-refractivity contribution >= 4 is 30.5 Å². The molecule has 0 unspecified atom stereocenters. The van der Waals surface area contributed by atoms with Crippen LogP contribution >= 0.6 is 12.6 Å². The molecule has 3 N–H and O–H groups in total. The van der Waals surface area contributed by atoms with Crippen LogP contribution in [0.1, 0.15) is 278 Å². The summed E-state index contributed by atoms with van der Waals surface area (Å²) in [7, 11) is 0. The van der Waals surface area contributed by atoms with Gasteiger partial charge >= 0.3 is 17.9 Å². The maximum absolute atomic E-state index is 11.9. The molecule has 0 bridgehead atoms. The van der Waals surface area contributed by atoms with Gasteiger partial charge in [0.2, 0.25) is 5.75 Å². The number of hydrogen-bond acceptors (Lipinski definition) is 14. The van der Waals surface area contributed by atoms with E-state index in [0.29, 0.717) is 74.0 Å². The molecule has 0 fully saturated rings. The van der Waals surface area contributed by atoms with Crippen molar-refractivity contribution in [2.24, 2.45) is 0 Å². The van der Waals surface area contributed by atoms with Gasteiger partial charge in [0.15, 0.2) is 11.5 Å². The second kappa shape index (κ2) is 52.8. The molecule has 0 heterocycles. The van der Waals surface area contributed by atoms with E-state index < -0.39 is 17.9 Å². The van der Waals surface area contributed by atoms with Crippen molar-refractivity contribution < 1.29 is 77.1 Å². The lowest BCUT2D eigenvalue weighted by molar-refractivity contribution is 0.0686. The number of unbranched alkanes of at least 4 members (excludes halogenated alkanes) is 21. The predicted molar refractivity (Wildman–Crippen MR) is 501 cm³/mol. The van der Waals surface area contributed by atoms with Gasteiger partial charge in [0.05, 0.1) is 16.7 Å². The number of carboxylic acids is 3. The molecule has 664 valence electrons. The summed E-state index contributed by atoms with van der Waals surface area (Å²) in [5.74, 6) is 1.42. The van der Waals surface area contributed by atoms with Crippen molar-refractivity contribution in [3.05, 3.63) is 326 Å².